The van der Waals surface area contributed by atoms with E-state index in [1.54, 1.807) is 0 Å². The number of anilines is 1. The van der Waals surface area contributed by atoms with Crippen LogP contribution in [0.1, 0.15) is 37.7 Å². The van der Waals surface area contributed by atoms with Gasteiger partial charge in [0.1, 0.15) is 0 Å². The van der Waals surface area contributed by atoms with E-state index in [-0.39, 0.29) is 0 Å². The maximum Gasteiger partial charge on any atom is 0.173 e. The topological polar surface area (TPSA) is 18.5 Å². The number of nitrogens with zero attached hydrogens (tertiary/aromatic N) is 2. The van der Waals surface area contributed by atoms with E-state index >= 15 is 0 Å². The van der Waals surface area contributed by atoms with Crippen molar-refractivity contribution in [2.75, 3.05) is 31.5 Å². The third-order valence-corrected chi connectivity index (χ3v) is 5.44. The molecule has 0 aromatic heterocycles. The Bertz CT molecular complexity index is 503. The summed E-state index contributed by atoms with van der Waals surface area (Å²) in [5.74, 6) is 0. The van der Waals surface area contributed by atoms with E-state index in [1.807, 2.05) is 0 Å². The average Bonchev–Trinajstić information content (AvgIpc) is 2.58. The Kier molecular flexibility index (Phi) is 5.32. The quantitative estimate of drug-likeness (QED) is 0.839. The smallest absolute Gasteiger partial charge is 0.173 e. The monoisotopic (exact) mass is 317 g/mol. The first-order chi connectivity index (χ1) is 10.7. The van der Waals surface area contributed by atoms with Crippen molar-refractivity contribution < 1.29 is 0 Å². The minimum absolute atomic E-state index is 0.828. The molecule has 2 aliphatic rings. The molecule has 2 fully saturated rings. The van der Waals surface area contributed by atoms with E-state index in [4.69, 9.17) is 12.2 Å². The van der Waals surface area contributed by atoms with Gasteiger partial charge in [-0.1, -0.05) is 37.5 Å². The van der Waals surface area contributed by atoms with Crippen molar-refractivity contribution in [3.05, 3.63) is 29.8 Å². The summed E-state index contributed by atoms with van der Waals surface area (Å²) in [4.78, 5) is 5.01. The summed E-state index contributed by atoms with van der Waals surface area (Å²) in [7, 11) is 0. The largest absolute Gasteiger partial charge is 0.346 e. The summed E-state index contributed by atoms with van der Waals surface area (Å²) in [6.07, 6.45) is 7.05. The Hall–Kier alpha value is -1.13. The van der Waals surface area contributed by atoms with E-state index in [0.717, 1.165) is 43.0 Å². The molecule has 3 rings (SSSR count). The fourth-order valence-corrected chi connectivity index (χ4v) is 3.94. The zero-order chi connectivity index (χ0) is 15.4. The number of nitrogens with one attached hydrogen (secondary N) is 1. The first kappa shape index (κ1) is 15.8. The molecule has 1 aliphatic heterocycles. The molecular formula is C18H27N3S. The lowest BCUT2D eigenvalue weighted by Crippen LogP contribution is -2.53. The van der Waals surface area contributed by atoms with Crippen LogP contribution in [0.4, 0.5) is 5.69 Å². The van der Waals surface area contributed by atoms with Crippen molar-refractivity contribution in [2.45, 2.75) is 45.1 Å². The van der Waals surface area contributed by atoms with Gasteiger partial charge in [0, 0.05) is 37.9 Å². The summed E-state index contributed by atoms with van der Waals surface area (Å²) in [5.41, 5.74) is 2.37. The maximum atomic E-state index is 5.61. The SMILES string of the molecule is Cc1ccccc1NC(=S)N1CCN(C2CCCCC2)CC1. The highest BCUT2D eigenvalue weighted by Crippen LogP contribution is 2.23. The average molecular weight is 318 g/mol. The van der Waals surface area contributed by atoms with Gasteiger partial charge in [0.25, 0.3) is 0 Å². The molecule has 1 N–H and O–H groups in total. The molecule has 1 aromatic carbocycles. The van der Waals surface area contributed by atoms with Gasteiger partial charge in [-0.25, -0.2) is 0 Å². The lowest BCUT2D eigenvalue weighted by atomic mass is 9.94. The normalized spacial score (nSPS) is 20.9. The number of rotatable bonds is 2. The fourth-order valence-electron chi connectivity index (χ4n) is 3.64. The first-order valence-electron chi connectivity index (χ1n) is 8.59. The van der Waals surface area contributed by atoms with Crippen molar-refractivity contribution >= 4 is 23.0 Å². The number of para-hydroxylation sites is 1. The van der Waals surface area contributed by atoms with Gasteiger partial charge in [-0.3, -0.25) is 4.90 Å². The zero-order valence-corrected chi connectivity index (χ0v) is 14.4. The van der Waals surface area contributed by atoms with E-state index in [2.05, 4.69) is 46.3 Å². The van der Waals surface area contributed by atoms with Crippen LogP contribution in [0.15, 0.2) is 24.3 Å². The first-order valence-corrected chi connectivity index (χ1v) is 9.00. The molecule has 0 spiro atoms. The van der Waals surface area contributed by atoms with E-state index < -0.39 is 0 Å². The minimum atomic E-state index is 0.828. The Morgan fingerprint density at radius 1 is 1.05 bits per heavy atom. The summed E-state index contributed by atoms with van der Waals surface area (Å²) < 4.78 is 0. The predicted octanol–water partition coefficient (Wildman–Crippen LogP) is 3.64. The number of piperazine rings is 1. The third-order valence-electron chi connectivity index (χ3n) is 5.08. The van der Waals surface area contributed by atoms with Gasteiger partial charge in [-0.05, 0) is 43.6 Å². The molecule has 1 aliphatic carbocycles. The van der Waals surface area contributed by atoms with Gasteiger partial charge >= 0.3 is 0 Å². The second kappa shape index (κ2) is 7.42. The van der Waals surface area contributed by atoms with Crippen molar-refractivity contribution in [1.82, 2.24) is 9.80 Å². The van der Waals surface area contributed by atoms with E-state index in [1.165, 1.54) is 37.7 Å². The second-order valence-electron chi connectivity index (χ2n) is 6.56. The van der Waals surface area contributed by atoms with Crippen LogP contribution in [0, 0.1) is 6.92 Å². The van der Waals surface area contributed by atoms with Crippen LogP contribution >= 0.6 is 12.2 Å². The van der Waals surface area contributed by atoms with Gasteiger partial charge < -0.3 is 10.2 Å². The molecule has 0 unspecified atom stereocenters. The highest BCUT2D eigenvalue weighted by Gasteiger charge is 2.25. The lowest BCUT2D eigenvalue weighted by molar-refractivity contribution is 0.108. The standard InChI is InChI=1S/C18H27N3S/c1-15-7-5-6-10-17(15)19-18(22)21-13-11-20(12-14-21)16-8-3-2-4-9-16/h5-7,10,16H,2-4,8-9,11-14H2,1H3,(H,19,22). The molecule has 120 valence electrons. The molecular weight excluding hydrogens is 290 g/mol. The maximum absolute atomic E-state index is 5.61. The fraction of sp³-hybridized carbons (Fsp3) is 0.611. The Labute approximate surface area is 139 Å². The van der Waals surface area contributed by atoms with Gasteiger partial charge in [-0.2, -0.15) is 0 Å². The molecule has 1 saturated heterocycles. The zero-order valence-electron chi connectivity index (χ0n) is 13.6. The molecule has 1 heterocycles. The van der Waals surface area contributed by atoms with Crippen LogP contribution in [-0.4, -0.2) is 47.1 Å². The molecule has 0 radical (unpaired) electrons. The highest BCUT2D eigenvalue weighted by atomic mass is 32.1. The number of hydrogen-bond donors (Lipinski definition) is 1. The molecule has 4 heteroatoms. The number of thiocarbonyl (C=S) groups is 1. The van der Waals surface area contributed by atoms with E-state index in [9.17, 15) is 0 Å². The van der Waals surface area contributed by atoms with Crippen molar-refractivity contribution in [2.24, 2.45) is 0 Å². The van der Waals surface area contributed by atoms with Gasteiger partial charge in [0.05, 0.1) is 0 Å². The second-order valence-corrected chi connectivity index (χ2v) is 6.95. The predicted molar refractivity (Wildman–Crippen MR) is 97.4 cm³/mol. The molecule has 22 heavy (non-hydrogen) atoms. The van der Waals surface area contributed by atoms with E-state index in [0.29, 0.717) is 0 Å². The van der Waals surface area contributed by atoms with Crippen LogP contribution in [0.2, 0.25) is 0 Å². The van der Waals surface area contributed by atoms with Crippen molar-refractivity contribution in [1.29, 1.82) is 0 Å². The summed E-state index contributed by atoms with van der Waals surface area (Å²) in [6.45, 7) is 6.52. The van der Waals surface area contributed by atoms with Gasteiger partial charge in [0.2, 0.25) is 0 Å². The van der Waals surface area contributed by atoms with Crippen LogP contribution in [0.5, 0.6) is 0 Å². The highest BCUT2D eigenvalue weighted by molar-refractivity contribution is 7.80. The lowest BCUT2D eigenvalue weighted by Gasteiger charge is -2.41. The molecule has 1 aromatic rings. The van der Waals surface area contributed by atoms with Crippen molar-refractivity contribution in [3.8, 4) is 0 Å². The number of hydrogen-bond acceptors (Lipinski definition) is 2. The molecule has 1 saturated carbocycles. The number of aryl methyl sites for hydroxylation is 1. The summed E-state index contributed by atoms with van der Waals surface area (Å²) in [6, 6.07) is 9.16. The Morgan fingerprint density at radius 3 is 2.41 bits per heavy atom. The summed E-state index contributed by atoms with van der Waals surface area (Å²) in [5, 5.41) is 4.29. The molecule has 0 atom stereocenters. The van der Waals surface area contributed by atoms with Crippen LogP contribution < -0.4 is 5.32 Å². The number of benzene rings is 1. The minimum Gasteiger partial charge on any atom is -0.346 e. The van der Waals surface area contributed by atoms with Gasteiger partial charge in [0.15, 0.2) is 5.11 Å². The molecule has 0 amide bonds. The third kappa shape index (κ3) is 3.79. The Balaban J connectivity index is 1.50. The van der Waals surface area contributed by atoms with Crippen molar-refractivity contribution in [3.63, 3.8) is 0 Å². The van der Waals surface area contributed by atoms with Crippen LogP contribution in [0.25, 0.3) is 0 Å². The van der Waals surface area contributed by atoms with Crippen LogP contribution in [0.3, 0.4) is 0 Å². The molecule has 0 bridgehead atoms. The molecule has 3 nitrogen and oxygen atoms in total. The Morgan fingerprint density at radius 2 is 1.73 bits per heavy atom. The van der Waals surface area contributed by atoms with Crippen LogP contribution in [-0.2, 0) is 0 Å². The van der Waals surface area contributed by atoms with Gasteiger partial charge in [-0.15, -0.1) is 0 Å². The summed E-state index contributed by atoms with van der Waals surface area (Å²) >= 11 is 5.61.